The molecule has 1 aliphatic rings. The van der Waals surface area contributed by atoms with Gasteiger partial charge < -0.3 is 10.0 Å². The van der Waals surface area contributed by atoms with E-state index in [0.717, 1.165) is 12.0 Å². The minimum Gasteiger partial charge on any atom is -0.388 e. The molecular weight excluding hydrogens is 314 g/mol. The molecule has 0 aliphatic carbocycles. The summed E-state index contributed by atoms with van der Waals surface area (Å²) in [6, 6.07) is 7.16. The number of halogens is 1. The highest BCUT2D eigenvalue weighted by atomic mass is 35.5. The molecule has 1 N–H and O–H groups in total. The monoisotopic (exact) mass is 333 g/mol. The predicted molar refractivity (Wildman–Crippen MR) is 88.2 cm³/mol. The average Bonchev–Trinajstić information content (AvgIpc) is 3.16. The summed E-state index contributed by atoms with van der Waals surface area (Å²) in [4.78, 5) is 14.2. The summed E-state index contributed by atoms with van der Waals surface area (Å²) < 4.78 is 1.93. The van der Waals surface area contributed by atoms with E-state index in [1.807, 2.05) is 24.0 Å². The van der Waals surface area contributed by atoms with Gasteiger partial charge in [-0.3, -0.25) is 9.48 Å². The second-order valence-electron chi connectivity index (χ2n) is 6.05. The van der Waals surface area contributed by atoms with Gasteiger partial charge in [0.15, 0.2) is 0 Å². The van der Waals surface area contributed by atoms with Crippen molar-refractivity contribution in [3.63, 3.8) is 0 Å². The van der Waals surface area contributed by atoms with E-state index in [1.165, 1.54) is 0 Å². The maximum Gasteiger partial charge on any atom is 0.225 e. The van der Waals surface area contributed by atoms with Crippen LogP contribution in [0.1, 0.15) is 36.1 Å². The molecular formula is C17H20ClN3O2. The number of benzene rings is 1. The average molecular weight is 334 g/mol. The van der Waals surface area contributed by atoms with E-state index < -0.39 is 6.10 Å². The summed E-state index contributed by atoms with van der Waals surface area (Å²) in [5.74, 6) is -0.0289. The maximum atomic E-state index is 12.4. The van der Waals surface area contributed by atoms with Gasteiger partial charge in [0.25, 0.3) is 0 Å². The zero-order chi connectivity index (χ0) is 16.4. The smallest absolute Gasteiger partial charge is 0.225 e. The highest BCUT2D eigenvalue weighted by Gasteiger charge is 2.28. The minimum absolute atomic E-state index is 0.0289. The van der Waals surface area contributed by atoms with Gasteiger partial charge in [0.05, 0.1) is 24.8 Å². The number of aromatic nitrogens is 2. The maximum absolute atomic E-state index is 12.4. The number of hydrogen-bond donors (Lipinski definition) is 1. The predicted octanol–water partition coefficient (Wildman–Crippen LogP) is 2.74. The SMILES string of the molecule is Cc1cnn(C2CCN(C(=O)CC(O)c3ccc(Cl)cc3)C2)c1. The third kappa shape index (κ3) is 3.74. The van der Waals surface area contributed by atoms with E-state index in [2.05, 4.69) is 5.10 Å². The number of carbonyl (C=O) groups is 1. The number of aliphatic hydroxyl groups excluding tert-OH is 1. The van der Waals surface area contributed by atoms with Crippen LogP contribution >= 0.6 is 11.6 Å². The Morgan fingerprint density at radius 2 is 2.17 bits per heavy atom. The van der Waals surface area contributed by atoms with Crippen LogP contribution in [0.15, 0.2) is 36.7 Å². The Kier molecular flexibility index (Phi) is 4.68. The van der Waals surface area contributed by atoms with Gasteiger partial charge in [-0.2, -0.15) is 5.10 Å². The first-order valence-corrected chi connectivity index (χ1v) is 8.13. The second-order valence-corrected chi connectivity index (χ2v) is 6.49. The molecule has 5 nitrogen and oxygen atoms in total. The molecule has 1 aromatic heterocycles. The van der Waals surface area contributed by atoms with Crippen LogP contribution in [-0.2, 0) is 4.79 Å². The minimum atomic E-state index is -0.800. The van der Waals surface area contributed by atoms with E-state index in [9.17, 15) is 9.90 Å². The Morgan fingerprint density at radius 3 is 2.83 bits per heavy atom. The van der Waals surface area contributed by atoms with Crippen LogP contribution in [0.5, 0.6) is 0 Å². The number of amides is 1. The molecule has 2 atom stereocenters. The number of nitrogens with zero attached hydrogens (tertiary/aromatic N) is 3. The molecule has 3 rings (SSSR count). The number of aryl methyl sites for hydroxylation is 1. The van der Waals surface area contributed by atoms with Crippen molar-refractivity contribution in [1.82, 2.24) is 14.7 Å². The van der Waals surface area contributed by atoms with Crippen LogP contribution in [0, 0.1) is 6.92 Å². The van der Waals surface area contributed by atoms with E-state index in [4.69, 9.17) is 11.6 Å². The van der Waals surface area contributed by atoms with Crippen LogP contribution in [0.4, 0.5) is 0 Å². The zero-order valence-electron chi connectivity index (χ0n) is 13.0. The standard InChI is InChI=1S/C17H20ClN3O2/c1-12-9-19-21(10-12)15-6-7-20(11-15)17(23)8-16(22)13-2-4-14(18)5-3-13/h2-5,9-10,15-16,22H,6-8,11H2,1H3. The van der Waals surface area contributed by atoms with Crippen molar-refractivity contribution >= 4 is 17.5 Å². The number of aliphatic hydroxyl groups is 1. The van der Waals surface area contributed by atoms with Gasteiger partial charge in [0.2, 0.25) is 5.91 Å². The lowest BCUT2D eigenvalue weighted by Crippen LogP contribution is -2.30. The molecule has 1 saturated heterocycles. The Labute approximate surface area is 140 Å². The molecule has 0 saturated carbocycles. The summed E-state index contributed by atoms with van der Waals surface area (Å²) in [6.07, 6.45) is 4.01. The molecule has 6 heteroatoms. The number of carbonyl (C=O) groups excluding carboxylic acids is 1. The first-order valence-electron chi connectivity index (χ1n) is 7.75. The lowest BCUT2D eigenvalue weighted by atomic mass is 10.1. The van der Waals surface area contributed by atoms with Crippen molar-refractivity contribution in [2.24, 2.45) is 0 Å². The molecule has 1 aromatic carbocycles. The summed E-state index contributed by atoms with van der Waals surface area (Å²) >= 11 is 5.84. The van der Waals surface area contributed by atoms with Crippen LogP contribution in [0.3, 0.4) is 0 Å². The molecule has 0 radical (unpaired) electrons. The summed E-state index contributed by atoms with van der Waals surface area (Å²) in [5, 5.41) is 15.2. The van der Waals surface area contributed by atoms with Crippen molar-refractivity contribution in [3.8, 4) is 0 Å². The molecule has 1 amide bonds. The first kappa shape index (κ1) is 16.0. The molecule has 2 heterocycles. The molecule has 0 spiro atoms. The fourth-order valence-corrected chi connectivity index (χ4v) is 3.04. The van der Waals surface area contributed by atoms with Crippen LogP contribution < -0.4 is 0 Å². The van der Waals surface area contributed by atoms with Gasteiger partial charge in [-0.1, -0.05) is 23.7 Å². The lowest BCUT2D eigenvalue weighted by molar-refractivity contribution is -0.132. The lowest BCUT2D eigenvalue weighted by Gasteiger charge is -2.19. The van der Waals surface area contributed by atoms with Gasteiger partial charge in [0, 0.05) is 24.3 Å². The van der Waals surface area contributed by atoms with Crippen molar-refractivity contribution in [1.29, 1.82) is 0 Å². The fraction of sp³-hybridized carbons (Fsp3) is 0.412. The van der Waals surface area contributed by atoms with E-state index >= 15 is 0 Å². The molecule has 0 bridgehead atoms. The molecule has 23 heavy (non-hydrogen) atoms. The Balaban J connectivity index is 1.57. The summed E-state index contributed by atoms with van der Waals surface area (Å²) in [5.41, 5.74) is 1.83. The number of hydrogen-bond acceptors (Lipinski definition) is 3. The van der Waals surface area contributed by atoms with Gasteiger partial charge >= 0.3 is 0 Å². The second kappa shape index (κ2) is 6.72. The molecule has 122 valence electrons. The molecule has 2 aromatic rings. The summed E-state index contributed by atoms with van der Waals surface area (Å²) in [7, 11) is 0. The summed E-state index contributed by atoms with van der Waals surface area (Å²) in [6.45, 7) is 3.35. The van der Waals surface area contributed by atoms with Gasteiger partial charge in [0.1, 0.15) is 0 Å². The topological polar surface area (TPSA) is 58.4 Å². The molecule has 1 fully saturated rings. The van der Waals surface area contributed by atoms with Crippen molar-refractivity contribution in [2.75, 3.05) is 13.1 Å². The van der Waals surface area contributed by atoms with E-state index in [0.29, 0.717) is 23.7 Å². The largest absolute Gasteiger partial charge is 0.388 e. The van der Waals surface area contributed by atoms with Crippen molar-refractivity contribution in [3.05, 3.63) is 52.8 Å². The van der Waals surface area contributed by atoms with Crippen molar-refractivity contribution < 1.29 is 9.90 Å². The Morgan fingerprint density at radius 1 is 1.43 bits per heavy atom. The van der Waals surface area contributed by atoms with Crippen LogP contribution in [0.2, 0.25) is 5.02 Å². The van der Waals surface area contributed by atoms with E-state index in [1.54, 1.807) is 29.2 Å². The van der Waals surface area contributed by atoms with Crippen LogP contribution in [0.25, 0.3) is 0 Å². The Hall–Kier alpha value is -1.85. The fourth-order valence-electron chi connectivity index (χ4n) is 2.91. The van der Waals surface area contributed by atoms with Gasteiger partial charge in [-0.15, -0.1) is 0 Å². The van der Waals surface area contributed by atoms with Gasteiger partial charge in [-0.25, -0.2) is 0 Å². The highest BCUT2D eigenvalue weighted by Crippen LogP contribution is 2.25. The van der Waals surface area contributed by atoms with Crippen LogP contribution in [-0.4, -0.2) is 38.8 Å². The Bertz CT molecular complexity index is 683. The first-order chi connectivity index (χ1) is 11.0. The quantitative estimate of drug-likeness (QED) is 0.936. The van der Waals surface area contributed by atoms with Gasteiger partial charge in [-0.05, 0) is 36.6 Å². The normalized spacial score (nSPS) is 19.1. The van der Waals surface area contributed by atoms with Crippen molar-refractivity contribution in [2.45, 2.75) is 31.9 Å². The van der Waals surface area contributed by atoms with E-state index in [-0.39, 0.29) is 18.4 Å². The number of rotatable bonds is 4. The molecule has 2 unspecified atom stereocenters. The molecule has 1 aliphatic heterocycles. The third-order valence-electron chi connectivity index (χ3n) is 4.24. The third-order valence-corrected chi connectivity index (χ3v) is 4.50. The highest BCUT2D eigenvalue weighted by molar-refractivity contribution is 6.30. The number of likely N-dealkylation sites (tertiary alicyclic amines) is 1. The zero-order valence-corrected chi connectivity index (χ0v) is 13.8.